The van der Waals surface area contributed by atoms with E-state index in [-0.39, 0.29) is 18.2 Å². The Morgan fingerprint density at radius 1 is 1.26 bits per heavy atom. The molecule has 164 valence electrons. The van der Waals surface area contributed by atoms with Crippen LogP contribution in [0.25, 0.3) is 0 Å². The van der Waals surface area contributed by atoms with E-state index >= 15 is 0 Å². The third-order valence-corrected chi connectivity index (χ3v) is 5.31. The van der Waals surface area contributed by atoms with Crippen molar-refractivity contribution in [2.24, 2.45) is 0 Å². The monoisotopic (exact) mass is 455 g/mol. The summed E-state index contributed by atoms with van der Waals surface area (Å²) in [6, 6.07) is 8.40. The molecule has 2 aromatic heterocycles. The zero-order valence-corrected chi connectivity index (χ0v) is 16.9. The summed E-state index contributed by atoms with van der Waals surface area (Å²) in [7, 11) is 0. The van der Waals surface area contributed by atoms with Gasteiger partial charge in [0.15, 0.2) is 0 Å². The molecule has 0 spiro atoms. The van der Waals surface area contributed by atoms with Crippen molar-refractivity contribution in [1.82, 2.24) is 15.3 Å². The van der Waals surface area contributed by atoms with Gasteiger partial charge in [0.1, 0.15) is 16.6 Å². The summed E-state index contributed by atoms with van der Waals surface area (Å²) in [6.07, 6.45) is -4.95. The van der Waals surface area contributed by atoms with E-state index < -0.39 is 34.9 Å². The van der Waals surface area contributed by atoms with Crippen molar-refractivity contribution in [3.63, 3.8) is 0 Å². The van der Waals surface area contributed by atoms with Crippen LogP contribution in [0.15, 0.2) is 48.0 Å². The number of benzene rings is 1. The molecule has 0 fully saturated rings. The van der Waals surface area contributed by atoms with Crippen molar-refractivity contribution in [2.45, 2.75) is 31.7 Å². The number of halogens is 4. The Bertz CT molecular complexity index is 1070. The highest BCUT2D eigenvalue weighted by molar-refractivity contribution is 7.09. The number of nitrogens with one attached hydrogen (secondary N) is 1. The fourth-order valence-electron chi connectivity index (χ4n) is 2.62. The lowest BCUT2D eigenvalue weighted by atomic mass is 9.99. The van der Waals surface area contributed by atoms with Crippen molar-refractivity contribution in [2.75, 3.05) is 0 Å². The first-order valence-corrected chi connectivity index (χ1v) is 9.82. The average Bonchev–Trinajstić information content (AvgIpc) is 3.13. The molecule has 0 saturated heterocycles. The lowest BCUT2D eigenvalue weighted by Crippen LogP contribution is -2.46. The van der Waals surface area contributed by atoms with Crippen LogP contribution >= 0.6 is 11.3 Å². The standard InChI is InChI=1S/C20H17F4N3O3S/c1-12-11-31-18(27-12)19(29,20(22,23)24)9-16(28)26-10-13-4-3-7-25-17(13)30-15-6-2-5-14(21)8-15/h2-8,11,29H,9-10H2,1H3,(H,26,28). The second-order valence-electron chi connectivity index (χ2n) is 6.63. The van der Waals surface area contributed by atoms with Gasteiger partial charge in [-0.3, -0.25) is 4.79 Å². The summed E-state index contributed by atoms with van der Waals surface area (Å²) in [5, 5.41) is 13.3. The maximum atomic E-state index is 13.5. The summed E-state index contributed by atoms with van der Waals surface area (Å²) >= 11 is 0.623. The van der Waals surface area contributed by atoms with Crippen LogP contribution in [-0.4, -0.2) is 27.2 Å². The molecule has 3 rings (SSSR count). The van der Waals surface area contributed by atoms with Crippen molar-refractivity contribution in [1.29, 1.82) is 0 Å². The Kier molecular flexibility index (Phi) is 6.56. The van der Waals surface area contributed by atoms with E-state index in [4.69, 9.17) is 4.74 Å². The predicted octanol–water partition coefficient (Wildman–Crippen LogP) is 4.23. The molecular weight excluding hydrogens is 438 g/mol. The molecule has 3 aromatic rings. The highest BCUT2D eigenvalue weighted by atomic mass is 32.1. The molecule has 2 N–H and O–H groups in total. The normalized spacial score (nSPS) is 13.5. The van der Waals surface area contributed by atoms with Gasteiger partial charge in [-0.25, -0.2) is 14.4 Å². The number of hydrogen-bond donors (Lipinski definition) is 2. The number of ether oxygens (including phenoxy) is 1. The minimum atomic E-state index is -5.10. The summed E-state index contributed by atoms with van der Waals surface area (Å²) in [6.45, 7) is 1.27. The smallest absolute Gasteiger partial charge is 0.424 e. The summed E-state index contributed by atoms with van der Waals surface area (Å²) < 4.78 is 59.5. The van der Waals surface area contributed by atoms with Gasteiger partial charge >= 0.3 is 6.18 Å². The molecule has 1 unspecified atom stereocenters. The molecule has 0 saturated carbocycles. The second-order valence-corrected chi connectivity index (χ2v) is 7.49. The number of rotatable bonds is 7. The van der Waals surface area contributed by atoms with Crippen LogP contribution in [0, 0.1) is 12.7 Å². The third kappa shape index (κ3) is 5.36. The van der Waals surface area contributed by atoms with E-state index in [0.717, 1.165) is 6.07 Å². The third-order valence-electron chi connectivity index (χ3n) is 4.19. The zero-order valence-electron chi connectivity index (χ0n) is 16.1. The predicted molar refractivity (Wildman–Crippen MR) is 104 cm³/mol. The lowest BCUT2D eigenvalue weighted by molar-refractivity contribution is -0.267. The minimum Gasteiger partial charge on any atom is -0.439 e. The van der Waals surface area contributed by atoms with Gasteiger partial charge in [-0.05, 0) is 25.1 Å². The van der Waals surface area contributed by atoms with Crippen molar-refractivity contribution in [3.05, 3.63) is 70.1 Å². The van der Waals surface area contributed by atoms with E-state index in [9.17, 15) is 27.5 Å². The molecule has 11 heteroatoms. The topological polar surface area (TPSA) is 84.3 Å². The summed E-state index contributed by atoms with van der Waals surface area (Å²) in [5.41, 5.74) is -2.76. The number of aryl methyl sites for hydroxylation is 1. The SMILES string of the molecule is Cc1csc(C(O)(CC(=O)NCc2cccnc2Oc2cccc(F)c2)C(F)(F)F)n1. The van der Waals surface area contributed by atoms with Gasteiger partial charge in [-0.2, -0.15) is 13.2 Å². The van der Waals surface area contributed by atoms with Gasteiger partial charge in [-0.15, -0.1) is 11.3 Å². The summed E-state index contributed by atoms with van der Waals surface area (Å²) in [5.74, 6) is -1.35. The van der Waals surface area contributed by atoms with Gasteiger partial charge in [0.05, 0.1) is 6.42 Å². The number of aromatic nitrogens is 2. The van der Waals surface area contributed by atoms with Crippen LogP contribution in [0.4, 0.5) is 17.6 Å². The number of pyridine rings is 1. The number of thiazole rings is 1. The molecule has 6 nitrogen and oxygen atoms in total. The van der Waals surface area contributed by atoms with Crippen LogP contribution in [-0.2, 0) is 16.9 Å². The number of carbonyl (C=O) groups excluding carboxylic acids is 1. The average molecular weight is 455 g/mol. The quantitative estimate of drug-likeness (QED) is 0.521. The van der Waals surface area contributed by atoms with E-state index in [1.165, 1.54) is 36.7 Å². The van der Waals surface area contributed by atoms with Crippen LogP contribution in [0.5, 0.6) is 11.6 Å². The molecule has 0 radical (unpaired) electrons. The Morgan fingerprint density at radius 2 is 2.03 bits per heavy atom. The van der Waals surface area contributed by atoms with E-state index in [1.54, 1.807) is 12.1 Å². The Labute approximate surface area is 178 Å². The number of nitrogens with zero attached hydrogens (tertiary/aromatic N) is 2. The van der Waals surface area contributed by atoms with Gasteiger partial charge < -0.3 is 15.2 Å². The number of hydrogen-bond acceptors (Lipinski definition) is 6. The molecule has 31 heavy (non-hydrogen) atoms. The largest absolute Gasteiger partial charge is 0.439 e. The maximum Gasteiger partial charge on any atom is 0.424 e. The Morgan fingerprint density at radius 3 is 2.68 bits per heavy atom. The molecule has 2 heterocycles. The molecule has 1 amide bonds. The number of aliphatic hydroxyl groups is 1. The second kappa shape index (κ2) is 8.98. The first-order valence-electron chi connectivity index (χ1n) is 8.94. The Balaban J connectivity index is 1.72. The van der Waals surface area contributed by atoms with Crippen LogP contribution in [0.3, 0.4) is 0 Å². The van der Waals surface area contributed by atoms with Crippen molar-refractivity contribution >= 4 is 17.2 Å². The van der Waals surface area contributed by atoms with Gasteiger partial charge in [0.25, 0.3) is 0 Å². The van der Waals surface area contributed by atoms with Crippen molar-refractivity contribution < 1.29 is 32.2 Å². The fourth-order valence-corrected chi connectivity index (χ4v) is 3.54. The van der Waals surface area contributed by atoms with Gasteiger partial charge in [0, 0.05) is 35.4 Å². The minimum absolute atomic E-state index is 0.0510. The van der Waals surface area contributed by atoms with E-state index in [0.29, 0.717) is 22.6 Å². The zero-order chi connectivity index (χ0) is 22.6. The lowest BCUT2D eigenvalue weighted by Gasteiger charge is -2.27. The molecule has 0 aliphatic heterocycles. The number of alkyl halides is 3. The first kappa shape index (κ1) is 22.6. The highest BCUT2D eigenvalue weighted by Crippen LogP contribution is 2.42. The molecule has 0 aliphatic carbocycles. The first-order chi connectivity index (χ1) is 14.6. The molecule has 1 aromatic carbocycles. The Hall–Kier alpha value is -3.05. The fraction of sp³-hybridized carbons (Fsp3) is 0.250. The van der Waals surface area contributed by atoms with Crippen LogP contribution < -0.4 is 10.1 Å². The molecule has 1 atom stereocenters. The molecular formula is C20H17F4N3O3S. The number of carbonyl (C=O) groups is 1. The highest BCUT2D eigenvalue weighted by Gasteiger charge is 2.58. The van der Waals surface area contributed by atoms with Crippen molar-refractivity contribution in [3.8, 4) is 11.6 Å². The van der Waals surface area contributed by atoms with Crippen LogP contribution in [0.2, 0.25) is 0 Å². The van der Waals surface area contributed by atoms with Gasteiger partial charge in [-0.1, -0.05) is 12.1 Å². The van der Waals surface area contributed by atoms with Gasteiger partial charge in [0.2, 0.25) is 17.4 Å². The summed E-state index contributed by atoms with van der Waals surface area (Å²) in [4.78, 5) is 20.0. The maximum absolute atomic E-state index is 13.5. The van der Waals surface area contributed by atoms with Crippen LogP contribution in [0.1, 0.15) is 22.7 Å². The van der Waals surface area contributed by atoms with E-state index in [2.05, 4.69) is 15.3 Å². The number of amides is 1. The van der Waals surface area contributed by atoms with E-state index in [1.807, 2.05) is 0 Å². The molecule has 0 aliphatic rings. The molecule has 0 bridgehead atoms.